The molecule has 0 amide bonds. The average Bonchev–Trinajstić information content (AvgIpc) is 3.31. The van der Waals surface area contributed by atoms with Gasteiger partial charge >= 0.3 is 5.69 Å². The van der Waals surface area contributed by atoms with Crippen LogP contribution in [0.15, 0.2) is 58.1 Å². The summed E-state index contributed by atoms with van der Waals surface area (Å²) in [7, 11) is 1.57. The van der Waals surface area contributed by atoms with Gasteiger partial charge in [-0.05, 0) is 42.0 Å². The molecule has 0 fully saturated rings. The van der Waals surface area contributed by atoms with E-state index in [1.165, 1.54) is 28.8 Å². The molecule has 0 atom stereocenters. The van der Waals surface area contributed by atoms with Crippen molar-refractivity contribution in [3.8, 4) is 0 Å². The molecular weight excluding hydrogens is 392 g/mol. The lowest BCUT2D eigenvalue weighted by Gasteiger charge is -2.15. The van der Waals surface area contributed by atoms with Crippen molar-refractivity contribution >= 4 is 22.8 Å². The van der Waals surface area contributed by atoms with E-state index in [9.17, 15) is 18.4 Å². The van der Waals surface area contributed by atoms with Gasteiger partial charge in [0.2, 0.25) is 5.95 Å². The predicted octanol–water partition coefficient (Wildman–Crippen LogP) is 2.37. The molecule has 0 unspecified atom stereocenters. The molecule has 1 aliphatic heterocycles. The maximum absolute atomic E-state index is 13.3. The highest BCUT2D eigenvalue weighted by Crippen LogP contribution is 2.31. The minimum absolute atomic E-state index is 0.0317. The topological polar surface area (TPSA) is 65.1 Å². The number of halogens is 2. The Balaban J connectivity index is 1.66. The van der Waals surface area contributed by atoms with Crippen molar-refractivity contribution in [2.45, 2.75) is 13.1 Å². The summed E-state index contributed by atoms with van der Waals surface area (Å²) in [5, 5.41) is 0. The van der Waals surface area contributed by atoms with Crippen molar-refractivity contribution in [1.82, 2.24) is 18.7 Å². The van der Waals surface area contributed by atoms with E-state index in [1.54, 1.807) is 35.9 Å². The van der Waals surface area contributed by atoms with E-state index < -0.39 is 11.2 Å². The van der Waals surface area contributed by atoms with E-state index in [4.69, 9.17) is 0 Å². The molecule has 30 heavy (non-hydrogen) atoms. The molecule has 4 aromatic rings. The van der Waals surface area contributed by atoms with Crippen LogP contribution in [0.1, 0.15) is 5.56 Å². The van der Waals surface area contributed by atoms with Gasteiger partial charge in [0.15, 0.2) is 11.2 Å². The Morgan fingerprint density at radius 1 is 0.933 bits per heavy atom. The number of fused-ring (bicyclic) bond motifs is 3. The van der Waals surface area contributed by atoms with Crippen LogP contribution in [0.4, 0.5) is 20.4 Å². The zero-order chi connectivity index (χ0) is 21.0. The summed E-state index contributed by atoms with van der Waals surface area (Å²) in [6, 6.07) is 11.7. The third-order valence-electron chi connectivity index (χ3n) is 5.39. The third kappa shape index (κ3) is 2.73. The molecule has 2 aromatic carbocycles. The van der Waals surface area contributed by atoms with Gasteiger partial charge in [-0.25, -0.2) is 13.6 Å². The third-order valence-corrected chi connectivity index (χ3v) is 5.39. The van der Waals surface area contributed by atoms with Gasteiger partial charge in [-0.15, -0.1) is 0 Å². The van der Waals surface area contributed by atoms with Crippen molar-refractivity contribution in [2.75, 3.05) is 11.4 Å². The van der Waals surface area contributed by atoms with Crippen molar-refractivity contribution in [1.29, 1.82) is 0 Å². The standard InChI is InChI=1S/C21H17F2N5O2/c1-25-18-17(19(29)28(21(25)30)12-13-2-4-14(22)5-3-13)27-11-10-26(20(27)24-18)16-8-6-15(23)7-9-16/h2-9H,10-12H2,1H3. The molecule has 9 heteroatoms. The number of imidazole rings is 1. The Kier molecular flexibility index (Phi) is 4.05. The summed E-state index contributed by atoms with van der Waals surface area (Å²) >= 11 is 0. The normalized spacial score (nSPS) is 13.2. The predicted molar refractivity (Wildman–Crippen MR) is 108 cm³/mol. The summed E-state index contributed by atoms with van der Waals surface area (Å²) in [5.74, 6) is -0.190. The van der Waals surface area contributed by atoms with E-state index in [-0.39, 0.29) is 18.2 Å². The van der Waals surface area contributed by atoms with Crippen LogP contribution in [-0.2, 0) is 20.1 Å². The van der Waals surface area contributed by atoms with Crippen LogP contribution in [-0.4, -0.2) is 25.2 Å². The smallest absolute Gasteiger partial charge is 0.310 e. The lowest BCUT2D eigenvalue weighted by Crippen LogP contribution is -2.40. The maximum Gasteiger partial charge on any atom is 0.332 e. The first-order valence-corrected chi connectivity index (χ1v) is 9.41. The number of aromatic nitrogens is 4. The summed E-state index contributed by atoms with van der Waals surface area (Å²) in [5.41, 5.74) is 1.08. The van der Waals surface area contributed by atoms with Crippen molar-refractivity contribution in [3.05, 3.63) is 86.6 Å². The van der Waals surface area contributed by atoms with E-state index in [2.05, 4.69) is 4.98 Å². The van der Waals surface area contributed by atoms with Crippen LogP contribution in [0.2, 0.25) is 0 Å². The molecule has 0 saturated carbocycles. The summed E-state index contributed by atoms with van der Waals surface area (Å²) in [6.45, 7) is 1.11. The highest BCUT2D eigenvalue weighted by atomic mass is 19.1. The molecule has 0 aliphatic carbocycles. The summed E-state index contributed by atoms with van der Waals surface area (Å²) in [4.78, 5) is 32.5. The molecule has 0 bridgehead atoms. The van der Waals surface area contributed by atoms with Gasteiger partial charge in [-0.3, -0.25) is 13.9 Å². The molecule has 5 rings (SSSR count). The van der Waals surface area contributed by atoms with Crippen molar-refractivity contribution < 1.29 is 8.78 Å². The minimum Gasteiger partial charge on any atom is -0.310 e. The first-order valence-electron chi connectivity index (χ1n) is 9.41. The number of benzene rings is 2. The fraction of sp³-hybridized carbons (Fsp3) is 0.190. The van der Waals surface area contributed by atoms with Crippen LogP contribution < -0.4 is 16.1 Å². The van der Waals surface area contributed by atoms with Gasteiger partial charge in [0.1, 0.15) is 11.6 Å². The Morgan fingerprint density at radius 3 is 2.23 bits per heavy atom. The fourth-order valence-corrected chi connectivity index (χ4v) is 3.86. The van der Waals surface area contributed by atoms with E-state index in [1.807, 2.05) is 4.90 Å². The quantitative estimate of drug-likeness (QED) is 0.521. The first-order chi connectivity index (χ1) is 14.4. The Morgan fingerprint density at radius 2 is 1.57 bits per heavy atom. The largest absolute Gasteiger partial charge is 0.332 e. The van der Waals surface area contributed by atoms with Crippen LogP contribution in [0.3, 0.4) is 0 Å². The highest BCUT2D eigenvalue weighted by molar-refractivity contribution is 5.77. The van der Waals surface area contributed by atoms with E-state index in [0.717, 1.165) is 10.3 Å². The number of rotatable bonds is 3. The second-order valence-corrected chi connectivity index (χ2v) is 7.22. The van der Waals surface area contributed by atoms with Gasteiger partial charge < -0.3 is 9.47 Å². The number of aryl methyl sites for hydroxylation is 1. The molecule has 0 radical (unpaired) electrons. The summed E-state index contributed by atoms with van der Waals surface area (Å²) in [6.07, 6.45) is 0. The van der Waals surface area contributed by atoms with Gasteiger partial charge in [0, 0.05) is 25.8 Å². The molecule has 0 spiro atoms. The monoisotopic (exact) mass is 409 g/mol. The number of hydrogen-bond acceptors (Lipinski definition) is 4. The molecule has 2 aromatic heterocycles. The molecule has 7 nitrogen and oxygen atoms in total. The maximum atomic E-state index is 13.3. The van der Waals surface area contributed by atoms with Crippen molar-refractivity contribution in [2.24, 2.45) is 7.05 Å². The zero-order valence-corrected chi connectivity index (χ0v) is 16.0. The van der Waals surface area contributed by atoms with Gasteiger partial charge in [0.05, 0.1) is 6.54 Å². The van der Waals surface area contributed by atoms with Crippen molar-refractivity contribution in [3.63, 3.8) is 0 Å². The van der Waals surface area contributed by atoms with Gasteiger partial charge in [0.25, 0.3) is 5.56 Å². The second-order valence-electron chi connectivity index (χ2n) is 7.22. The lowest BCUT2D eigenvalue weighted by molar-refractivity contribution is 0.622. The number of hydrogen-bond donors (Lipinski definition) is 0. The van der Waals surface area contributed by atoms with Crippen LogP contribution in [0.25, 0.3) is 11.2 Å². The minimum atomic E-state index is -0.498. The highest BCUT2D eigenvalue weighted by Gasteiger charge is 2.28. The second kappa shape index (κ2) is 6.65. The molecule has 0 saturated heterocycles. The molecule has 0 N–H and O–H groups in total. The first kappa shape index (κ1) is 18.3. The van der Waals surface area contributed by atoms with Crippen LogP contribution in [0, 0.1) is 11.6 Å². The van der Waals surface area contributed by atoms with Gasteiger partial charge in [-0.2, -0.15) is 4.98 Å². The molecule has 3 heterocycles. The Hall–Kier alpha value is -3.75. The average molecular weight is 409 g/mol. The van der Waals surface area contributed by atoms with Gasteiger partial charge in [-0.1, -0.05) is 12.1 Å². The van der Waals surface area contributed by atoms with Crippen LogP contribution in [0.5, 0.6) is 0 Å². The van der Waals surface area contributed by atoms with E-state index in [0.29, 0.717) is 35.8 Å². The number of anilines is 2. The Bertz CT molecular complexity index is 1380. The molecule has 1 aliphatic rings. The number of nitrogens with zero attached hydrogens (tertiary/aromatic N) is 5. The molecule has 152 valence electrons. The SMILES string of the molecule is Cn1c(=O)n(Cc2ccc(F)cc2)c(=O)c2c1nc1n2CCN1c1ccc(F)cc1. The Labute approximate surface area is 169 Å². The van der Waals surface area contributed by atoms with Crippen LogP contribution >= 0.6 is 0 Å². The van der Waals surface area contributed by atoms with E-state index >= 15 is 0 Å². The molecular formula is C21H17F2N5O2. The zero-order valence-electron chi connectivity index (χ0n) is 16.0. The summed E-state index contributed by atoms with van der Waals surface area (Å²) < 4.78 is 30.7. The lowest BCUT2D eigenvalue weighted by atomic mass is 10.2. The fourth-order valence-electron chi connectivity index (χ4n) is 3.86.